The van der Waals surface area contributed by atoms with Gasteiger partial charge in [-0.15, -0.1) is 5.10 Å². The number of nitriles is 1. The third kappa shape index (κ3) is 3.72. The van der Waals surface area contributed by atoms with Crippen LogP contribution in [0.2, 0.25) is 5.15 Å². The summed E-state index contributed by atoms with van der Waals surface area (Å²) in [5.74, 6) is -0.583. The molecule has 0 bridgehead atoms. The van der Waals surface area contributed by atoms with E-state index in [1.165, 1.54) is 10.9 Å². The lowest BCUT2D eigenvalue weighted by Crippen LogP contribution is -2.13. The second-order valence-corrected chi connectivity index (χ2v) is 8.02. The number of fused-ring (bicyclic) bond motifs is 1. The molecule has 0 amide bonds. The maximum atomic E-state index is 14.4. The molecular weight excluding hydrogens is 433 g/mol. The fourth-order valence-corrected chi connectivity index (χ4v) is 3.86. The molecule has 0 aliphatic rings. The fourth-order valence-electron chi connectivity index (χ4n) is 3.71. The Morgan fingerprint density at radius 1 is 1.31 bits per heavy atom. The highest BCUT2D eigenvalue weighted by Crippen LogP contribution is 2.33. The number of nitrogens with one attached hydrogen (secondary N) is 1. The largest absolute Gasteiger partial charge is 0.455 e. The van der Waals surface area contributed by atoms with Gasteiger partial charge in [0, 0.05) is 24.4 Å². The van der Waals surface area contributed by atoms with E-state index >= 15 is 0 Å². The summed E-state index contributed by atoms with van der Waals surface area (Å²) in [5.41, 5.74) is 2.70. The Balaban J connectivity index is 1.91. The summed E-state index contributed by atoms with van der Waals surface area (Å²) in [4.78, 5) is 17.2. The molecule has 4 rings (SSSR count). The normalized spacial score (nSPS) is 12.0. The van der Waals surface area contributed by atoms with Crippen molar-refractivity contribution < 1.29 is 8.81 Å². The maximum absolute atomic E-state index is 14.4. The quantitative estimate of drug-likeness (QED) is 0.436. The molecule has 0 unspecified atom stereocenters. The van der Waals surface area contributed by atoms with Crippen LogP contribution < -0.4 is 10.7 Å². The number of anilines is 1. The summed E-state index contributed by atoms with van der Waals surface area (Å²) in [6, 6.07) is 8.53. The SMILES string of the molecule is Cc1cc([C@@H](C)Nc2ccc(Cl)nc2C#N)c2oc(-c3cn(C)nc3F)c(C)c(=O)c2c1. The molecular formula is C23H19ClFN5O2. The van der Waals surface area contributed by atoms with Crippen molar-refractivity contribution in [1.82, 2.24) is 14.8 Å². The second-order valence-electron chi connectivity index (χ2n) is 7.63. The number of aryl methyl sites for hydroxylation is 2. The van der Waals surface area contributed by atoms with Crippen molar-refractivity contribution in [3.63, 3.8) is 0 Å². The number of nitrogens with zero attached hydrogens (tertiary/aromatic N) is 4. The topological polar surface area (TPSA) is 96.7 Å². The number of rotatable bonds is 4. The van der Waals surface area contributed by atoms with E-state index in [0.717, 1.165) is 5.56 Å². The van der Waals surface area contributed by atoms with E-state index in [9.17, 15) is 14.4 Å². The van der Waals surface area contributed by atoms with E-state index < -0.39 is 5.95 Å². The number of aromatic nitrogens is 3. The lowest BCUT2D eigenvalue weighted by Gasteiger charge is -2.19. The molecule has 162 valence electrons. The van der Waals surface area contributed by atoms with Gasteiger partial charge in [0.2, 0.25) is 5.95 Å². The number of benzene rings is 1. The molecule has 0 fully saturated rings. The summed E-state index contributed by atoms with van der Waals surface area (Å²) in [6.07, 6.45) is 1.47. The summed E-state index contributed by atoms with van der Waals surface area (Å²) >= 11 is 5.89. The van der Waals surface area contributed by atoms with Crippen molar-refractivity contribution in [2.45, 2.75) is 26.8 Å². The monoisotopic (exact) mass is 451 g/mol. The van der Waals surface area contributed by atoms with E-state index in [4.69, 9.17) is 16.0 Å². The maximum Gasteiger partial charge on any atom is 0.243 e. The van der Waals surface area contributed by atoms with Gasteiger partial charge in [0.25, 0.3) is 0 Å². The first kappa shape index (κ1) is 21.5. The van der Waals surface area contributed by atoms with Gasteiger partial charge in [-0.3, -0.25) is 9.48 Å². The highest BCUT2D eigenvalue weighted by molar-refractivity contribution is 6.29. The average molecular weight is 452 g/mol. The molecule has 32 heavy (non-hydrogen) atoms. The van der Waals surface area contributed by atoms with Gasteiger partial charge in [-0.2, -0.15) is 9.65 Å². The van der Waals surface area contributed by atoms with Gasteiger partial charge in [0.1, 0.15) is 22.6 Å². The Hall–Kier alpha value is -3.70. The first-order chi connectivity index (χ1) is 15.2. The lowest BCUT2D eigenvalue weighted by molar-refractivity contribution is 0.547. The zero-order chi connectivity index (χ0) is 23.2. The van der Waals surface area contributed by atoms with Crippen LogP contribution in [0.25, 0.3) is 22.3 Å². The van der Waals surface area contributed by atoms with Gasteiger partial charge in [-0.1, -0.05) is 17.7 Å². The molecule has 7 nitrogen and oxygen atoms in total. The van der Waals surface area contributed by atoms with Crippen LogP contribution in [0.5, 0.6) is 0 Å². The molecule has 0 radical (unpaired) electrons. The highest BCUT2D eigenvalue weighted by Gasteiger charge is 2.22. The Morgan fingerprint density at radius 2 is 2.06 bits per heavy atom. The third-order valence-corrected chi connectivity index (χ3v) is 5.44. The van der Waals surface area contributed by atoms with Gasteiger partial charge in [-0.05, 0) is 44.5 Å². The Bertz CT molecular complexity index is 1470. The van der Waals surface area contributed by atoms with Gasteiger partial charge in [0.05, 0.1) is 22.7 Å². The first-order valence-corrected chi connectivity index (χ1v) is 10.2. The van der Waals surface area contributed by atoms with Crippen LogP contribution in [0.4, 0.5) is 10.1 Å². The molecule has 0 saturated carbocycles. The summed E-state index contributed by atoms with van der Waals surface area (Å²) in [5, 5.41) is 17.0. The molecule has 0 aliphatic carbocycles. The van der Waals surface area contributed by atoms with Crippen molar-refractivity contribution in [2.24, 2.45) is 7.05 Å². The lowest BCUT2D eigenvalue weighted by atomic mass is 9.99. The van der Waals surface area contributed by atoms with E-state index in [1.807, 2.05) is 26.0 Å². The molecule has 0 aliphatic heterocycles. The molecule has 3 heterocycles. The fraction of sp³-hybridized carbons (Fsp3) is 0.217. The standard InChI is InChI=1S/C23H19ClFN5O2/c1-11-7-14(13(3)27-17-5-6-19(24)28-18(17)9-26)22-15(8-11)20(31)12(2)21(32-22)16-10-30(4)29-23(16)25/h5-8,10,13,27H,1-4H3/t13-/m1/s1. The Labute approximate surface area is 188 Å². The summed E-state index contributed by atoms with van der Waals surface area (Å²) in [6.45, 7) is 5.35. The molecule has 1 N–H and O–H groups in total. The Morgan fingerprint density at radius 3 is 2.72 bits per heavy atom. The molecule has 3 aromatic heterocycles. The number of hydrogen-bond donors (Lipinski definition) is 1. The third-order valence-electron chi connectivity index (χ3n) is 5.23. The van der Waals surface area contributed by atoms with Crippen molar-refractivity contribution in [1.29, 1.82) is 5.26 Å². The van der Waals surface area contributed by atoms with Crippen molar-refractivity contribution >= 4 is 28.3 Å². The molecule has 0 saturated heterocycles. The van der Waals surface area contributed by atoms with Crippen LogP contribution in [-0.2, 0) is 7.05 Å². The smallest absolute Gasteiger partial charge is 0.243 e. The molecule has 0 spiro atoms. The highest BCUT2D eigenvalue weighted by atomic mass is 35.5. The van der Waals surface area contributed by atoms with Crippen molar-refractivity contribution in [2.75, 3.05) is 5.32 Å². The van der Waals surface area contributed by atoms with Crippen LogP contribution in [-0.4, -0.2) is 14.8 Å². The van der Waals surface area contributed by atoms with Gasteiger partial charge >= 0.3 is 0 Å². The van der Waals surface area contributed by atoms with Gasteiger partial charge < -0.3 is 9.73 Å². The van der Waals surface area contributed by atoms with Crippen LogP contribution in [0.1, 0.15) is 35.3 Å². The predicted octanol–water partition coefficient (Wildman–Crippen LogP) is 5.04. The van der Waals surface area contributed by atoms with E-state index in [-0.39, 0.29) is 33.6 Å². The van der Waals surface area contributed by atoms with Crippen molar-refractivity contribution in [3.8, 4) is 17.4 Å². The molecule has 4 aromatic rings. The van der Waals surface area contributed by atoms with Crippen LogP contribution in [0.15, 0.2) is 39.7 Å². The minimum atomic E-state index is -0.719. The molecule has 1 atom stereocenters. The molecule has 9 heteroatoms. The summed E-state index contributed by atoms with van der Waals surface area (Å²) in [7, 11) is 1.59. The first-order valence-electron chi connectivity index (χ1n) is 9.80. The van der Waals surface area contributed by atoms with Gasteiger partial charge in [-0.25, -0.2) is 4.98 Å². The van der Waals surface area contributed by atoms with Crippen LogP contribution in [0.3, 0.4) is 0 Å². The average Bonchev–Trinajstić information content (AvgIpc) is 3.09. The minimum absolute atomic E-state index is 0.116. The number of hydrogen-bond acceptors (Lipinski definition) is 6. The zero-order valence-corrected chi connectivity index (χ0v) is 18.6. The minimum Gasteiger partial charge on any atom is -0.455 e. The Kier molecular flexibility index (Phi) is 5.45. The van der Waals surface area contributed by atoms with Crippen LogP contribution >= 0.6 is 11.6 Å². The van der Waals surface area contributed by atoms with Crippen LogP contribution in [0, 0.1) is 31.1 Å². The second kappa shape index (κ2) is 8.09. The van der Waals surface area contributed by atoms with Gasteiger partial charge in [0.15, 0.2) is 11.1 Å². The number of halogens is 2. The van der Waals surface area contributed by atoms with Crippen molar-refractivity contribution in [3.05, 3.63) is 74.2 Å². The van der Waals surface area contributed by atoms with E-state index in [1.54, 1.807) is 32.2 Å². The summed E-state index contributed by atoms with van der Waals surface area (Å²) < 4.78 is 21.8. The molecule has 1 aromatic carbocycles. The number of pyridine rings is 1. The van der Waals surface area contributed by atoms with E-state index in [2.05, 4.69) is 15.4 Å². The zero-order valence-electron chi connectivity index (χ0n) is 17.8. The van der Waals surface area contributed by atoms with E-state index in [0.29, 0.717) is 27.8 Å². The predicted molar refractivity (Wildman–Crippen MR) is 120 cm³/mol.